The van der Waals surface area contributed by atoms with E-state index in [1.807, 2.05) is 72.8 Å². The van der Waals surface area contributed by atoms with Crippen molar-refractivity contribution >= 4 is 43.7 Å². The highest BCUT2D eigenvalue weighted by molar-refractivity contribution is 6.11. The van der Waals surface area contributed by atoms with E-state index in [9.17, 15) is 0 Å². The van der Waals surface area contributed by atoms with Gasteiger partial charge in [0, 0.05) is 43.9 Å². The molecule has 0 saturated carbocycles. The van der Waals surface area contributed by atoms with E-state index in [0.29, 0.717) is 17.5 Å². The number of para-hydroxylation sites is 2. The van der Waals surface area contributed by atoms with E-state index in [4.69, 9.17) is 19.4 Å². The minimum atomic E-state index is 0. The van der Waals surface area contributed by atoms with Gasteiger partial charge in [0.25, 0.3) is 0 Å². The lowest BCUT2D eigenvalue weighted by molar-refractivity contribution is 0.669. The Morgan fingerprint density at radius 2 is 0.804 bits per heavy atom. The van der Waals surface area contributed by atoms with Crippen LogP contribution in [0.1, 0.15) is 7.43 Å². The molecular formula is C46H32N4O. The molecule has 3 aromatic heterocycles. The van der Waals surface area contributed by atoms with Crippen molar-refractivity contribution in [3.63, 3.8) is 0 Å². The zero-order valence-electron chi connectivity index (χ0n) is 26.9. The maximum Gasteiger partial charge on any atom is 0.164 e. The Bertz CT molecular complexity index is 2800. The smallest absolute Gasteiger partial charge is 0.164 e. The van der Waals surface area contributed by atoms with Crippen LogP contribution < -0.4 is 0 Å². The Morgan fingerprint density at radius 3 is 1.43 bits per heavy atom. The zero-order valence-corrected chi connectivity index (χ0v) is 26.9. The van der Waals surface area contributed by atoms with Crippen molar-refractivity contribution in [2.24, 2.45) is 0 Å². The van der Waals surface area contributed by atoms with Crippen molar-refractivity contribution in [1.82, 2.24) is 19.5 Å². The number of furan rings is 1. The van der Waals surface area contributed by atoms with Gasteiger partial charge in [0.2, 0.25) is 0 Å². The minimum absolute atomic E-state index is 0. The molecule has 7 aromatic carbocycles. The van der Waals surface area contributed by atoms with Gasteiger partial charge in [-0.2, -0.15) is 0 Å². The van der Waals surface area contributed by atoms with Crippen LogP contribution in [0.5, 0.6) is 0 Å². The van der Waals surface area contributed by atoms with Crippen molar-refractivity contribution in [3.05, 3.63) is 170 Å². The van der Waals surface area contributed by atoms with Gasteiger partial charge in [-0.05, 0) is 71.8 Å². The van der Waals surface area contributed by atoms with E-state index >= 15 is 0 Å². The van der Waals surface area contributed by atoms with Crippen LogP contribution >= 0.6 is 0 Å². The fraction of sp³-hybridized carbons (Fsp3) is 0.0217. The van der Waals surface area contributed by atoms with Crippen molar-refractivity contribution in [3.8, 4) is 51.0 Å². The van der Waals surface area contributed by atoms with Crippen LogP contribution in [-0.4, -0.2) is 19.5 Å². The molecule has 0 aliphatic heterocycles. The predicted octanol–water partition coefficient (Wildman–Crippen LogP) is 12.2. The Hall–Kier alpha value is -6.85. The number of nitrogens with zero attached hydrogens (tertiary/aromatic N) is 4. The average Bonchev–Trinajstić information content (AvgIpc) is 3.73. The van der Waals surface area contributed by atoms with Gasteiger partial charge in [0.15, 0.2) is 17.5 Å². The lowest BCUT2D eigenvalue weighted by atomic mass is 10.00. The fourth-order valence-electron chi connectivity index (χ4n) is 7.04. The summed E-state index contributed by atoms with van der Waals surface area (Å²) in [7, 11) is 0. The Morgan fingerprint density at radius 1 is 0.353 bits per heavy atom. The molecule has 10 aromatic rings. The molecule has 0 unspecified atom stereocenters. The minimum Gasteiger partial charge on any atom is -0.456 e. The van der Waals surface area contributed by atoms with Gasteiger partial charge in [-0.1, -0.05) is 117 Å². The second kappa shape index (κ2) is 12.2. The Balaban J connectivity index is 0.00000348. The van der Waals surface area contributed by atoms with E-state index in [-0.39, 0.29) is 7.43 Å². The van der Waals surface area contributed by atoms with Crippen LogP contribution in [0.4, 0.5) is 0 Å². The highest BCUT2D eigenvalue weighted by atomic mass is 16.3. The first-order valence-corrected chi connectivity index (χ1v) is 16.7. The summed E-state index contributed by atoms with van der Waals surface area (Å²) in [5.41, 5.74) is 10.3. The summed E-state index contributed by atoms with van der Waals surface area (Å²) in [5, 5.41) is 4.52. The van der Waals surface area contributed by atoms with E-state index in [2.05, 4.69) is 102 Å². The highest BCUT2D eigenvalue weighted by Crippen LogP contribution is 2.38. The molecule has 242 valence electrons. The van der Waals surface area contributed by atoms with Crippen molar-refractivity contribution in [2.45, 2.75) is 7.43 Å². The number of rotatable bonds is 5. The molecule has 5 heteroatoms. The first-order valence-electron chi connectivity index (χ1n) is 16.7. The lowest BCUT2D eigenvalue weighted by Crippen LogP contribution is -2.00. The molecule has 0 amide bonds. The van der Waals surface area contributed by atoms with Gasteiger partial charge >= 0.3 is 0 Å². The van der Waals surface area contributed by atoms with Crippen LogP contribution in [0.2, 0.25) is 0 Å². The summed E-state index contributed by atoms with van der Waals surface area (Å²) in [5.74, 6) is 1.89. The number of aromatic nitrogens is 4. The molecule has 0 N–H and O–H groups in total. The Labute approximate surface area is 295 Å². The third kappa shape index (κ3) is 5.15. The maximum atomic E-state index is 6.34. The third-order valence-electron chi connectivity index (χ3n) is 9.45. The normalized spacial score (nSPS) is 11.4. The summed E-state index contributed by atoms with van der Waals surface area (Å²) in [4.78, 5) is 14.8. The van der Waals surface area contributed by atoms with Gasteiger partial charge in [-0.25, -0.2) is 15.0 Å². The van der Waals surface area contributed by atoms with Gasteiger partial charge < -0.3 is 8.98 Å². The predicted molar refractivity (Wildman–Crippen MR) is 210 cm³/mol. The van der Waals surface area contributed by atoms with Crippen molar-refractivity contribution in [1.29, 1.82) is 0 Å². The van der Waals surface area contributed by atoms with Crippen LogP contribution in [-0.2, 0) is 0 Å². The van der Waals surface area contributed by atoms with Gasteiger partial charge in [0.1, 0.15) is 11.2 Å². The molecular weight excluding hydrogens is 625 g/mol. The number of hydrogen-bond donors (Lipinski definition) is 0. The second-order valence-corrected chi connectivity index (χ2v) is 12.5. The van der Waals surface area contributed by atoms with Crippen LogP contribution in [0.15, 0.2) is 174 Å². The third-order valence-corrected chi connectivity index (χ3v) is 9.45. The van der Waals surface area contributed by atoms with Gasteiger partial charge in [-0.3, -0.25) is 0 Å². The Kier molecular flexibility index (Phi) is 7.25. The molecule has 0 fully saturated rings. The number of hydrogen-bond acceptors (Lipinski definition) is 4. The standard InChI is InChI=1S/C45H28N4O.CH4/c1-4-12-29(13-5-1)43-46-44(30-14-6-2-7-15-30)48-45(47-43)33-22-25-42-38(28-33)37-27-32(21-24-41(37)50-42)31-20-23-40-36(26-31)35-18-10-11-19-39(35)49(40)34-16-8-3-9-17-34;/h1-28H;1H4. The van der Waals surface area contributed by atoms with Crippen molar-refractivity contribution in [2.75, 3.05) is 0 Å². The molecule has 0 aliphatic rings. The molecule has 0 radical (unpaired) electrons. The summed E-state index contributed by atoms with van der Waals surface area (Å²) < 4.78 is 8.69. The average molecular weight is 657 g/mol. The first-order chi connectivity index (χ1) is 24.8. The first kappa shape index (κ1) is 30.2. The van der Waals surface area contributed by atoms with Crippen LogP contribution in [0.3, 0.4) is 0 Å². The molecule has 10 rings (SSSR count). The molecule has 0 saturated heterocycles. The quantitative estimate of drug-likeness (QED) is 0.185. The highest BCUT2D eigenvalue weighted by Gasteiger charge is 2.17. The van der Waals surface area contributed by atoms with E-state index < -0.39 is 0 Å². The molecule has 5 nitrogen and oxygen atoms in total. The van der Waals surface area contributed by atoms with E-state index in [1.165, 1.54) is 21.8 Å². The maximum absolute atomic E-state index is 6.34. The summed E-state index contributed by atoms with van der Waals surface area (Å²) >= 11 is 0. The number of fused-ring (bicyclic) bond motifs is 6. The summed E-state index contributed by atoms with van der Waals surface area (Å²) in [6.07, 6.45) is 0. The van der Waals surface area contributed by atoms with Gasteiger partial charge in [-0.15, -0.1) is 0 Å². The molecule has 3 heterocycles. The van der Waals surface area contributed by atoms with Crippen molar-refractivity contribution < 1.29 is 4.42 Å². The largest absolute Gasteiger partial charge is 0.456 e. The fourth-order valence-corrected chi connectivity index (χ4v) is 7.04. The molecule has 0 spiro atoms. The molecule has 0 bridgehead atoms. The SMILES string of the molecule is C.c1ccc(-c2nc(-c3ccccc3)nc(-c3ccc4oc5ccc(-c6ccc7c(c6)c6ccccc6n7-c6ccccc6)cc5c4c3)n2)cc1. The van der Waals surface area contributed by atoms with E-state index in [0.717, 1.165) is 55.4 Å². The number of benzene rings is 7. The lowest BCUT2D eigenvalue weighted by Gasteiger charge is -2.08. The summed E-state index contributed by atoms with van der Waals surface area (Å²) in [6.45, 7) is 0. The van der Waals surface area contributed by atoms with E-state index in [1.54, 1.807) is 0 Å². The summed E-state index contributed by atoms with van der Waals surface area (Å²) in [6, 6.07) is 58.7. The molecule has 51 heavy (non-hydrogen) atoms. The van der Waals surface area contributed by atoms with Crippen LogP contribution in [0, 0.1) is 0 Å². The monoisotopic (exact) mass is 656 g/mol. The second-order valence-electron chi connectivity index (χ2n) is 12.5. The van der Waals surface area contributed by atoms with Crippen LogP contribution in [0.25, 0.3) is 94.7 Å². The topological polar surface area (TPSA) is 56.7 Å². The molecule has 0 aliphatic carbocycles. The van der Waals surface area contributed by atoms with Gasteiger partial charge in [0.05, 0.1) is 11.0 Å². The zero-order chi connectivity index (χ0) is 33.0. The molecule has 0 atom stereocenters.